The van der Waals surface area contributed by atoms with Crippen molar-refractivity contribution in [2.45, 2.75) is 33.7 Å². The first-order valence-corrected chi connectivity index (χ1v) is 5.01. The summed E-state index contributed by atoms with van der Waals surface area (Å²) in [5.41, 5.74) is 0.184. The third-order valence-electron chi connectivity index (χ3n) is 2.26. The number of aromatic nitrogens is 2. The molecule has 0 bridgehead atoms. The van der Waals surface area contributed by atoms with Crippen molar-refractivity contribution in [3.05, 3.63) is 17.4 Å². The van der Waals surface area contributed by atoms with Crippen molar-refractivity contribution in [2.24, 2.45) is 5.41 Å². The van der Waals surface area contributed by atoms with Gasteiger partial charge in [-0.15, -0.1) is 0 Å². The second kappa shape index (κ2) is 4.13. The van der Waals surface area contributed by atoms with Crippen molar-refractivity contribution in [3.8, 4) is 0 Å². The molecule has 14 heavy (non-hydrogen) atoms. The molecule has 0 aliphatic heterocycles. The van der Waals surface area contributed by atoms with Crippen molar-refractivity contribution < 1.29 is 0 Å². The first kappa shape index (κ1) is 11.2. The topological polar surface area (TPSA) is 37.8 Å². The average molecular weight is 214 g/mol. The van der Waals surface area contributed by atoms with Crippen LogP contribution in [0.4, 0.5) is 5.95 Å². The molecule has 1 rings (SSSR count). The van der Waals surface area contributed by atoms with Crippen LogP contribution in [0.25, 0.3) is 0 Å². The molecule has 0 fully saturated rings. The smallest absolute Gasteiger partial charge is 0.222 e. The van der Waals surface area contributed by atoms with E-state index in [9.17, 15) is 0 Å². The van der Waals surface area contributed by atoms with Crippen LogP contribution >= 0.6 is 11.6 Å². The molecule has 1 unspecified atom stereocenters. The lowest BCUT2D eigenvalue weighted by molar-refractivity contribution is 0.358. The summed E-state index contributed by atoms with van der Waals surface area (Å²) in [6, 6.07) is 0.309. The van der Waals surface area contributed by atoms with Gasteiger partial charge in [0.2, 0.25) is 5.95 Å². The van der Waals surface area contributed by atoms with E-state index in [2.05, 4.69) is 43.0 Å². The fourth-order valence-corrected chi connectivity index (χ4v) is 0.895. The Labute approximate surface area is 89.9 Å². The second-order valence-electron chi connectivity index (χ2n) is 4.46. The Morgan fingerprint density at radius 3 is 2.21 bits per heavy atom. The van der Waals surface area contributed by atoms with Gasteiger partial charge in [-0.3, -0.25) is 0 Å². The predicted octanol–water partition coefficient (Wildman–Crippen LogP) is 2.98. The number of hydrogen-bond acceptors (Lipinski definition) is 3. The maximum absolute atomic E-state index is 5.69. The number of hydrogen-bond donors (Lipinski definition) is 1. The minimum atomic E-state index is 0.184. The molecule has 1 aromatic rings. The molecule has 0 aromatic carbocycles. The van der Waals surface area contributed by atoms with Crippen molar-refractivity contribution >= 4 is 17.5 Å². The van der Waals surface area contributed by atoms with Crippen LogP contribution in [0.5, 0.6) is 0 Å². The van der Waals surface area contributed by atoms with Gasteiger partial charge in [0.05, 0.1) is 17.4 Å². The molecule has 1 aromatic heterocycles. The van der Waals surface area contributed by atoms with Gasteiger partial charge in [-0.2, -0.15) is 0 Å². The summed E-state index contributed by atoms with van der Waals surface area (Å²) in [6.45, 7) is 8.61. The number of halogens is 1. The van der Waals surface area contributed by atoms with Crippen LogP contribution in [0, 0.1) is 5.41 Å². The summed E-state index contributed by atoms with van der Waals surface area (Å²) in [4.78, 5) is 8.16. The third-order valence-corrected chi connectivity index (χ3v) is 2.46. The van der Waals surface area contributed by atoms with Crippen molar-refractivity contribution in [3.63, 3.8) is 0 Å². The maximum Gasteiger partial charge on any atom is 0.222 e. The Hall–Kier alpha value is -0.830. The highest BCUT2D eigenvalue weighted by Gasteiger charge is 2.20. The van der Waals surface area contributed by atoms with Gasteiger partial charge in [0, 0.05) is 6.04 Å². The highest BCUT2D eigenvalue weighted by atomic mass is 35.5. The number of anilines is 1. The van der Waals surface area contributed by atoms with E-state index in [4.69, 9.17) is 11.6 Å². The maximum atomic E-state index is 5.69. The zero-order valence-corrected chi connectivity index (χ0v) is 9.76. The lowest BCUT2D eigenvalue weighted by Gasteiger charge is -2.27. The van der Waals surface area contributed by atoms with Gasteiger partial charge in [0.25, 0.3) is 0 Å². The van der Waals surface area contributed by atoms with Crippen molar-refractivity contribution in [1.29, 1.82) is 0 Å². The summed E-state index contributed by atoms with van der Waals surface area (Å²) in [5, 5.41) is 3.78. The highest BCUT2D eigenvalue weighted by Crippen LogP contribution is 2.21. The van der Waals surface area contributed by atoms with E-state index in [1.807, 2.05) is 0 Å². The highest BCUT2D eigenvalue weighted by molar-refractivity contribution is 6.30. The fraction of sp³-hybridized carbons (Fsp3) is 0.600. The van der Waals surface area contributed by atoms with Gasteiger partial charge < -0.3 is 5.32 Å². The normalized spacial score (nSPS) is 13.8. The van der Waals surface area contributed by atoms with E-state index in [0.29, 0.717) is 17.0 Å². The van der Waals surface area contributed by atoms with Crippen LogP contribution in [0.1, 0.15) is 27.7 Å². The van der Waals surface area contributed by atoms with Gasteiger partial charge in [-0.25, -0.2) is 9.97 Å². The van der Waals surface area contributed by atoms with Gasteiger partial charge in [-0.1, -0.05) is 32.4 Å². The van der Waals surface area contributed by atoms with Gasteiger partial charge in [0.1, 0.15) is 0 Å². The predicted molar refractivity (Wildman–Crippen MR) is 59.6 cm³/mol. The molecule has 0 aliphatic rings. The largest absolute Gasteiger partial charge is 0.351 e. The Balaban J connectivity index is 2.65. The Kier molecular flexibility index (Phi) is 3.32. The first-order chi connectivity index (χ1) is 6.39. The third kappa shape index (κ3) is 3.14. The molecule has 1 atom stereocenters. The Bertz CT molecular complexity index is 289. The van der Waals surface area contributed by atoms with E-state index >= 15 is 0 Å². The van der Waals surface area contributed by atoms with E-state index < -0.39 is 0 Å². The summed E-state index contributed by atoms with van der Waals surface area (Å²) in [6.07, 6.45) is 3.18. The molecule has 1 heterocycles. The van der Waals surface area contributed by atoms with Gasteiger partial charge in [-0.05, 0) is 12.3 Å². The van der Waals surface area contributed by atoms with E-state index in [1.54, 1.807) is 12.4 Å². The van der Waals surface area contributed by atoms with Crippen LogP contribution in [0.2, 0.25) is 5.02 Å². The Morgan fingerprint density at radius 2 is 1.79 bits per heavy atom. The zero-order valence-electron chi connectivity index (χ0n) is 9.00. The minimum Gasteiger partial charge on any atom is -0.351 e. The molecule has 3 nitrogen and oxygen atoms in total. The second-order valence-corrected chi connectivity index (χ2v) is 4.89. The van der Waals surface area contributed by atoms with Crippen LogP contribution in [0.15, 0.2) is 12.4 Å². The average Bonchev–Trinajstić information content (AvgIpc) is 2.07. The summed E-state index contributed by atoms with van der Waals surface area (Å²) in [7, 11) is 0. The molecule has 78 valence electrons. The van der Waals surface area contributed by atoms with Crippen LogP contribution in [-0.2, 0) is 0 Å². The molecule has 0 saturated heterocycles. The molecule has 0 aliphatic carbocycles. The lowest BCUT2D eigenvalue weighted by Crippen LogP contribution is -2.31. The zero-order chi connectivity index (χ0) is 10.8. The quantitative estimate of drug-likeness (QED) is 0.821. The summed E-state index contributed by atoms with van der Waals surface area (Å²) in [5.74, 6) is 0.622. The SMILES string of the molecule is CC(Nc1ncc(Cl)cn1)C(C)(C)C. The molecule has 0 radical (unpaired) electrons. The van der Waals surface area contributed by atoms with Gasteiger partial charge >= 0.3 is 0 Å². The van der Waals surface area contributed by atoms with E-state index in [0.717, 1.165) is 0 Å². The van der Waals surface area contributed by atoms with Crippen LogP contribution < -0.4 is 5.32 Å². The number of nitrogens with one attached hydrogen (secondary N) is 1. The van der Waals surface area contributed by atoms with Crippen molar-refractivity contribution in [1.82, 2.24) is 9.97 Å². The van der Waals surface area contributed by atoms with Crippen molar-refractivity contribution in [2.75, 3.05) is 5.32 Å². The molecule has 4 heteroatoms. The number of rotatable bonds is 2. The minimum absolute atomic E-state index is 0.184. The number of nitrogens with zero attached hydrogens (tertiary/aromatic N) is 2. The van der Waals surface area contributed by atoms with Crippen LogP contribution in [0.3, 0.4) is 0 Å². The molecule has 1 N–H and O–H groups in total. The fourth-order valence-electron chi connectivity index (χ4n) is 0.797. The van der Waals surface area contributed by atoms with Gasteiger partial charge in [0.15, 0.2) is 0 Å². The summed E-state index contributed by atoms with van der Waals surface area (Å²) >= 11 is 5.69. The molecule has 0 saturated carbocycles. The molecule has 0 spiro atoms. The molecule has 0 amide bonds. The monoisotopic (exact) mass is 213 g/mol. The lowest BCUT2D eigenvalue weighted by atomic mass is 9.88. The standard InChI is InChI=1S/C10H16ClN3/c1-7(10(2,3)4)14-9-12-5-8(11)6-13-9/h5-7H,1-4H3,(H,12,13,14). The van der Waals surface area contributed by atoms with Crippen LogP contribution in [-0.4, -0.2) is 16.0 Å². The summed E-state index contributed by atoms with van der Waals surface area (Å²) < 4.78 is 0. The molecular formula is C10H16ClN3. The van der Waals surface area contributed by atoms with E-state index in [1.165, 1.54) is 0 Å². The molecular weight excluding hydrogens is 198 g/mol. The first-order valence-electron chi connectivity index (χ1n) is 4.63. The Morgan fingerprint density at radius 1 is 1.29 bits per heavy atom. The van der Waals surface area contributed by atoms with E-state index in [-0.39, 0.29) is 5.41 Å².